The van der Waals surface area contributed by atoms with E-state index in [1.165, 1.54) is 17.5 Å². The van der Waals surface area contributed by atoms with E-state index in [0.29, 0.717) is 0 Å². The van der Waals surface area contributed by atoms with E-state index in [1.807, 2.05) is 12.1 Å². The first-order valence-corrected chi connectivity index (χ1v) is 5.73. The van der Waals surface area contributed by atoms with Gasteiger partial charge in [-0.15, -0.1) is 12.4 Å². The summed E-state index contributed by atoms with van der Waals surface area (Å²) < 4.78 is 0. The van der Waals surface area contributed by atoms with Gasteiger partial charge < -0.3 is 5.73 Å². The lowest BCUT2D eigenvalue weighted by molar-refractivity contribution is 0.821. The lowest BCUT2D eigenvalue weighted by Crippen LogP contribution is -1.91. The molecular formula is C15H18ClN. The summed E-state index contributed by atoms with van der Waals surface area (Å²) in [6.45, 7) is 0. The highest BCUT2D eigenvalue weighted by atomic mass is 35.5. The van der Waals surface area contributed by atoms with Gasteiger partial charge in [-0.25, -0.2) is 0 Å². The predicted octanol–water partition coefficient (Wildman–Crippen LogP) is 3.87. The summed E-state index contributed by atoms with van der Waals surface area (Å²) >= 11 is 0. The molecule has 0 fully saturated rings. The molecular weight excluding hydrogens is 230 g/mol. The van der Waals surface area contributed by atoms with E-state index in [1.54, 1.807) is 0 Å². The summed E-state index contributed by atoms with van der Waals surface area (Å²) in [6, 6.07) is 18.8. The Morgan fingerprint density at radius 3 is 2.12 bits per heavy atom. The Morgan fingerprint density at radius 1 is 0.765 bits per heavy atom. The van der Waals surface area contributed by atoms with Crippen LogP contribution in [0.15, 0.2) is 54.6 Å². The maximum Gasteiger partial charge on any atom is 0.0316 e. The molecule has 0 aliphatic heterocycles. The van der Waals surface area contributed by atoms with E-state index in [4.69, 9.17) is 5.73 Å². The van der Waals surface area contributed by atoms with Gasteiger partial charge >= 0.3 is 0 Å². The van der Waals surface area contributed by atoms with Gasteiger partial charge in [0.05, 0.1) is 0 Å². The predicted molar refractivity (Wildman–Crippen MR) is 76.6 cm³/mol. The van der Waals surface area contributed by atoms with Crippen LogP contribution < -0.4 is 5.73 Å². The van der Waals surface area contributed by atoms with Gasteiger partial charge in [0.25, 0.3) is 0 Å². The molecule has 0 bridgehead atoms. The Kier molecular flexibility index (Phi) is 5.58. The van der Waals surface area contributed by atoms with Crippen molar-refractivity contribution in [2.45, 2.75) is 19.3 Å². The van der Waals surface area contributed by atoms with Crippen molar-refractivity contribution in [1.82, 2.24) is 0 Å². The summed E-state index contributed by atoms with van der Waals surface area (Å²) in [7, 11) is 0. The lowest BCUT2D eigenvalue weighted by Gasteiger charge is -2.03. The Morgan fingerprint density at radius 2 is 1.41 bits per heavy atom. The zero-order valence-corrected chi connectivity index (χ0v) is 10.6. The average molecular weight is 248 g/mol. The second kappa shape index (κ2) is 6.97. The molecule has 90 valence electrons. The van der Waals surface area contributed by atoms with Gasteiger partial charge in [0.15, 0.2) is 0 Å². The van der Waals surface area contributed by atoms with Crippen LogP contribution in [0.1, 0.15) is 17.5 Å². The van der Waals surface area contributed by atoms with Gasteiger partial charge in [-0.3, -0.25) is 0 Å². The molecule has 2 aromatic rings. The molecule has 0 unspecified atom stereocenters. The number of benzene rings is 2. The quantitative estimate of drug-likeness (QED) is 0.816. The van der Waals surface area contributed by atoms with Crippen LogP contribution in [0.4, 0.5) is 5.69 Å². The fourth-order valence-electron chi connectivity index (χ4n) is 1.89. The number of halogens is 1. The van der Waals surface area contributed by atoms with Gasteiger partial charge in [-0.2, -0.15) is 0 Å². The standard InChI is InChI=1S/C15H17N.ClH/c16-15-11-5-10-14(12-15)9-4-8-13-6-2-1-3-7-13;/h1-3,5-7,10-12H,4,8-9,16H2;1H. The lowest BCUT2D eigenvalue weighted by atomic mass is 10.0. The van der Waals surface area contributed by atoms with Gasteiger partial charge in [-0.05, 0) is 42.5 Å². The largest absolute Gasteiger partial charge is 0.399 e. The van der Waals surface area contributed by atoms with E-state index in [9.17, 15) is 0 Å². The van der Waals surface area contributed by atoms with E-state index < -0.39 is 0 Å². The zero-order chi connectivity index (χ0) is 11.2. The van der Waals surface area contributed by atoms with Gasteiger partial charge in [-0.1, -0.05) is 42.5 Å². The molecule has 0 aliphatic carbocycles. The van der Waals surface area contributed by atoms with Crippen molar-refractivity contribution in [3.63, 3.8) is 0 Å². The summed E-state index contributed by atoms with van der Waals surface area (Å²) in [5.74, 6) is 0. The Bertz CT molecular complexity index is 440. The topological polar surface area (TPSA) is 26.0 Å². The molecule has 0 saturated carbocycles. The first kappa shape index (κ1) is 13.6. The molecule has 2 aromatic carbocycles. The maximum absolute atomic E-state index is 5.74. The number of aryl methyl sites for hydroxylation is 2. The molecule has 2 heteroatoms. The van der Waals surface area contributed by atoms with Crippen LogP contribution in [0.25, 0.3) is 0 Å². The third kappa shape index (κ3) is 4.49. The third-order valence-electron chi connectivity index (χ3n) is 2.72. The highest BCUT2D eigenvalue weighted by Crippen LogP contribution is 2.11. The van der Waals surface area contributed by atoms with E-state index >= 15 is 0 Å². The number of hydrogen-bond acceptors (Lipinski definition) is 1. The molecule has 0 radical (unpaired) electrons. The molecule has 1 nitrogen and oxygen atoms in total. The molecule has 0 atom stereocenters. The smallest absolute Gasteiger partial charge is 0.0316 e. The summed E-state index contributed by atoms with van der Waals surface area (Å²) in [6.07, 6.45) is 3.41. The van der Waals surface area contributed by atoms with E-state index in [0.717, 1.165) is 18.5 Å². The second-order valence-corrected chi connectivity index (χ2v) is 4.08. The Hall–Kier alpha value is -1.47. The average Bonchev–Trinajstić information content (AvgIpc) is 2.30. The highest BCUT2D eigenvalue weighted by Gasteiger charge is 1.95. The second-order valence-electron chi connectivity index (χ2n) is 4.08. The fraction of sp³-hybridized carbons (Fsp3) is 0.200. The Balaban J connectivity index is 0.00000144. The van der Waals surface area contributed by atoms with Crippen LogP contribution in [0.3, 0.4) is 0 Å². The van der Waals surface area contributed by atoms with Crippen molar-refractivity contribution in [2.75, 3.05) is 5.73 Å². The van der Waals surface area contributed by atoms with E-state index in [2.05, 4.69) is 42.5 Å². The zero-order valence-electron chi connectivity index (χ0n) is 9.80. The molecule has 17 heavy (non-hydrogen) atoms. The summed E-state index contributed by atoms with van der Waals surface area (Å²) in [4.78, 5) is 0. The van der Waals surface area contributed by atoms with E-state index in [-0.39, 0.29) is 12.4 Å². The number of nitrogens with two attached hydrogens (primary N) is 1. The summed E-state index contributed by atoms with van der Waals surface area (Å²) in [5.41, 5.74) is 9.34. The molecule has 0 heterocycles. The minimum Gasteiger partial charge on any atom is -0.399 e. The first-order chi connectivity index (χ1) is 7.84. The molecule has 0 spiro atoms. The number of nitrogen functional groups attached to an aromatic ring is 1. The SMILES string of the molecule is Cl.Nc1cccc(CCCc2ccccc2)c1. The number of rotatable bonds is 4. The Labute approximate surface area is 109 Å². The van der Waals surface area contributed by atoms with Crippen LogP contribution in [0.5, 0.6) is 0 Å². The van der Waals surface area contributed by atoms with Crippen molar-refractivity contribution in [3.05, 3.63) is 65.7 Å². The number of anilines is 1. The minimum atomic E-state index is 0. The monoisotopic (exact) mass is 247 g/mol. The van der Waals surface area contributed by atoms with Crippen molar-refractivity contribution < 1.29 is 0 Å². The van der Waals surface area contributed by atoms with Crippen molar-refractivity contribution in [2.24, 2.45) is 0 Å². The summed E-state index contributed by atoms with van der Waals surface area (Å²) in [5, 5.41) is 0. The van der Waals surface area contributed by atoms with Crippen LogP contribution in [-0.4, -0.2) is 0 Å². The van der Waals surface area contributed by atoms with Crippen LogP contribution in [0, 0.1) is 0 Å². The van der Waals surface area contributed by atoms with Crippen LogP contribution in [-0.2, 0) is 12.8 Å². The molecule has 2 rings (SSSR count). The van der Waals surface area contributed by atoms with Crippen LogP contribution >= 0.6 is 12.4 Å². The van der Waals surface area contributed by atoms with Crippen molar-refractivity contribution >= 4 is 18.1 Å². The van der Waals surface area contributed by atoms with Gasteiger partial charge in [0.2, 0.25) is 0 Å². The number of hydrogen-bond donors (Lipinski definition) is 1. The van der Waals surface area contributed by atoms with Gasteiger partial charge in [0, 0.05) is 5.69 Å². The fourth-order valence-corrected chi connectivity index (χ4v) is 1.89. The third-order valence-corrected chi connectivity index (χ3v) is 2.72. The van der Waals surface area contributed by atoms with Crippen LogP contribution in [0.2, 0.25) is 0 Å². The van der Waals surface area contributed by atoms with Crippen molar-refractivity contribution in [3.8, 4) is 0 Å². The molecule has 2 N–H and O–H groups in total. The molecule has 0 amide bonds. The van der Waals surface area contributed by atoms with Gasteiger partial charge in [0.1, 0.15) is 0 Å². The first-order valence-electron chi connectivity index (χ1n) is 5.73. The maximum atomic E-state index is 5.74. The minimum absolute atomic E-state index is 0. The normalized spacial score (nSPS) is 9.65. The molecule has 0 aromatic heterocycles. The molecule has 0 aliphatic rings. The molecule has 0 saturated heterocycles. The highest BCUT2D eigenvalue weighted by molar-refractivity contribution is 5.85. The van der Waals surface area contributed by atoms with Crippen molar-refractivity contribution in [1.29, 1.82) is 0 Å².